The molecule has 3 rings (SSSR count). The summed E-state index contributed by atoms with van der Waals surface area (Å²) in [5.74, 6) is 0.863. The fraction of sp³-hybridized carbons (Fsp3) is 0.478. The van der Waals surface area contributed by atoms with E-state index in [0.717, 1.165) is 43.3 Å². The van der Waals surface area contributed by atoms with Crippen molar-refractivity contribution in [1.82, 2.24) is 15.5 Å². The highest BCUT2D eigenvalue weighted by Crippen LogP contribution is 2.27. The van der Waals surface area contributed by atoms with Crippen molar-refractivity contribution in [3.8, 4) is 0 Å². The van der Waals surface area contributed by atoms with Gasteiger partial charge in [-0.2, -0.15) is 0 Å². The highest BCUT2D eigenvalue weighted by Gasteiger charge is 2.24. The van der Waals surface area contributed by atoms with E-state index >= 15 is 0 Å². The van der Waals surface area contributed by atoms with Gasteiger partial charge < -0.3 is 16.0 Å². The quantitative estimate of drug-likeness (QED) is 0.418. The molecule has 2 aromatic rings. The van der Waals surface area contributed by atoms with Crippen molar-refractivity contribution in [3.05, 3.63) is 52.2 Å². The summed E-state index contributed by atoms with van der Waals surface area (Å²) in [6.45, 7) is 5.84. The first-order chi connectivity index (χ1) is 14.7. The van der Waals surface area contributed by atoms with Crippen LogP contribution in [0, 0.1) is 0 Å². The molecule has 0 spiro atoms. The number of benzene rings is 1. The molecule has 1 aromatic carbocycles. The number of nitrogens with one attached hydrogen (secondary N) is 3. The van der Waals surface area contributed by atoms with Crippen molar-refractivity contribution in [2.75, 3.05) is 32.0 Å². The van der Waals surface area contributed by atoms with Gasteiger partial charge in [-0.05, 0) is 61.5 Å². The largest absolute Gasteiger partial charge is 0.354 e. The first-order valence-electron chi connectivity index (χ1n) is 10.8. The molecule has 1 unspecified atom stereocenters. The maximum atomic E-state index is 11.7. The Morgan fingerprint density at radius 3 is 2.57 bits per heavy atom. The van der Waals surface area contributed by atoms with Crippen molar-refractivity contribution < 1.29 is 4.79 Å². The topological polar surface area (TPSA) is 68.8 Å². The van der Waals surface area contributed by atoms with Gasteiger partial charge in [0.15, 0.2) is 5.96 Å². The third kappa shape index (κ3) is 6.57. The number of nitrogens with zero attached hydrogens (tertiary/aromatic N) is 2. The lowest BCUT2D eigenvalue weighted by Crippen LogP contribution is -2.42. The van der Waals surface area contributed by atoms with Gasteiger partial charge in [0, 0.05) is 37.1 Å². The standard InChI is InChI=1S/C23H33N5OS/c1-3-7-22(29)27-19-11-9-18(10-12-19)16-25-23(24-2)26-17-20(21-8-6-15-30-21)28-13-4-5-14-28/h6,8-12,15,20H,3-5,7,13-14,16-17H2,1-2H3,(H,27,29)(H2,24,25,26). The van der Waals surface area contributed by atoms with Crippen molar-refractivity contribution in [2.24, 2.45) is 4.99 Å². The van der Waals surface area contributed by atoms with Crippen LogP contribution in [0.1, 0.15) is 49.1 Å². The fourth-order valence-electron chi connectivity index (χ4n) is 3.70. The van der Waals surface area contributed by atoms with Crippen molar-refractivity contribution in [2.45, 2.75) is 45.2 Å². The normalized spacial score (nSPS) is 15.7. The number of carbonyl (C=O) groups is 1. The molecule has 1 fully saturated rings. The van der Waals surface area contributed by atoms with Crippen LogP contribution in [-0.2, 0) is 11.3 Å². The Balaban J connectivity index is 1.50. The van der Waals surface area contributed by atoms with Crippen LogP contribution < -0.4 is 16.0 Å². The Labute approximate surface area is 183 Å². The van der Waals surface area contributed by atoms with E-state index in [-0.39, 0.29) is 5.91 Å². The Bertz CT molecular complexity index is 798. The Morgan fingerprint density at radius 1 is 1.17 bits per heavy atom. The van der Waals surface area contributed by atoms with Crippen LogP contribution in [0.5, 0.6) is 0 Å². The minimum absolute atomic E-state index is 0.0614. The summed E-state index contributed by atoms with van der Waals surface area (Å²) in [6, 6.07) is 12.7. The monoisotopic (exact) mass is 427 g/mol. The van der Waals surface area contributed by atoms with E-state index in [2.05, 4.69) is 43.4 Å². The van der Waals surface area contributed by atoms with Gasteiger partial charge in [-0.15, -0.1) is 11.3 Å². The zero-order valence-electron chi connectivity index (χ0n) is 18.0. The summed E-state index contributed by atoms with van der Waals surface area (Å²) in [7, 11) is 1.80. The predicted molar refractivity (Wildman–Crippen MR) is 126 cm³/mol. The molecule has 0 saturated carbocycles. The number of likely N-dealkylation sites (tertiary alicyclic amines) is 1. The lowest BCUT2D eigenvalue weighted by atomic mass is 10.2. The molecule has 1 saturated heterocycles. The van der Waals surface area contributed by atoms with Gasteiger partial charge >= 0.3 is 0 Å². The van der Waals surface area contributed by atoms with E-state index < -0.39 is 0 Å². The fourth-order valence-corrected chi connectivity index (χ4v) is 4.56. The summed E-state index contributed by atoms with van der Waals surface area (Å²) < 4.78 is 0. The molecule has 1 amide bonds. The van der Waals surface area contributed by atoms with E-state index in [1.54, 1.807) is 7.05 Å². The molecule has 0 aliphatic carbocycles. The van der Waals surface area contributed by atoms with Gasteiger partial charge in [0.25, 0.3) is 0 Å². The third-order valence-electron chi connectivity index (χ3n) is 5.31. The van der Waals surface area contributed by atoms with Crippen LogP contribution in [0.3, 0.4) is 0 Å². The second-order valence-corrected chi connectivity index (χ2v) is 8.56. The maximum Gasteiger partial charge on any atom is 0.224 e. The Hall–Kier alpha value is -2.38. The maximum absolute atomic E-state index is 11.7. The van der Waals surface area contributed by atoms with Gasteiger partial charge in [0.1, 0.15) is 0 Å². The van der Waals surface area contributed by atoms with Crippen LogP contribution >= 0.6 is 11.3 Å². The van der Waals surface area contributed by atoms with Crippen molar-refractivity contribution >= 4 is 28.9 Å². The average Bonchev–Trinajstić information content (AvgIpc) is 3.47. The van der Waals surface area contributed by atoms with Crippen molar-refractivity contribution in [1.29, 1.82) is 0 Å². The van der Waals surface area contributed by atoms with Crippen LogP contribution in [0.15, 0.2) is 46.8 Å². The van der Waals surface area contributed by atoms with Gasteiger partial charge in [-0.3, -0.25) is 14.7 Å². The summed E-state index contributed by atoms with van der Waals surface area (Å²) in [5, 5.41) is 12.0. The molecule has 0 radical (unpaired) electrons. The smallest absolute Gasteiger partial charge is 0.224 e. The number of thiophene rings is 1. The first-order valence-corrected chi connectivity index (χ1v) is 11.7. The molecule has 7 heteroatoms. The van der Waals surface area contributed by atoms with Gasteiger partial charge in [0.05, 0.1) is 6.04 Å². The van der Waals surface area contributed by atoms with Crippen molar-refractivity contribution in [3.63, 3.8) is 0 Å². The predicted octanol–water partition coefficient (Wildman–Crippen LogP) is 3.99. The van der Waals surface area contributed by atoms with E-state index in [4.69, 9.17) is 0 Å². The van der Waals surface area contributed by atoms with E-state index in [9.17, 15) is 4.79 Å². The minimum atomic E-state index is 0.0614. The molecular weight excluding hydrogens is 394 g/mol. The summed E-state index contributed by atoms with van der Waals surface area (Å²) >= 11 is 1.82. The molecule has 6 nitrogen and oxygen atoms in total. The zero-order valence-corrected chi connectivity index (χ0v) is 18.8. The summed E-state index contributed by atoms with van der Waals surface area (Å²) in [4.78, 5) is 20.1. The molecule has 1 aliphatic heterocycles. The summed E-state index contributed by atoms with van der Waals surface area (Å²) in [6.07, 6.45) is 3.97. The number of aliphatic imine (C=N–C) groups is 1. The SMILES string of the molecule is CCCC(=O)Nc1ccc(CNC(=NC)NCC(c2cccs2)N2CCCC2)cc1. The number of carbonyl (C=O) groups excluding carboxylic acids is 1. The van der Waals surface area contributed by atoms with E-state index in [1.807, 2.05) is 42.5 Å². The summed E-state index contributed by atoms with van der Waals surface area (Å²) in [5.41, 5.74) is 1.98. The average molecular weight is 428 g/mol. The van der Waals surface area contributed by atoms with Crippen LogP contribution in [-0.4, -0.2) is 43.4 Å². The second kappa shape index (κ2) is 11.7. The van der Waals surface area contributed by atoms with Gasteiger partial charge in [0.2, 0.25) is 5.91 Å². The lowest BCUT2D eigenvalue weighted by Gasteiger charge is -2.27. The first kappa shape index (κ1) is 22.3. The van der Waals surface area contributed by atoms with Crippen LogP contribution in [0.4, 0.5) is 5.69 Å². The molecule has 0 bridgehead atoms. The number of rotatable bonds is 9. The number of hydrogen-bond donors (Lipinski definition) is 3. The molecule has 1 atom stereocenters. The van der Waals surface area contributed by atoms with E-state index in [1.165, 1.54) is 17.7 Å². The number of amides is 1. The molecule has 162 valence electrons. The van der Waals surface area contributed by atoms with E-state index in [0.29, 0.717) is 19.0 Å². The Kier molecular flexibility index (Phi) is 8.71. The third-order valence-corrected chi connectivity index (χ3v) is 6.29. The molecule has 2 heterocycles. The molecule has 1 aromatic heterocycles. The Morgan fingerprint density at radius 2 is 1.93 bits per heavy atom. The number of hydrogen-bond acceptors (Lipinski definition) is 4. The van der Waals surface area contributed by atoms with Gasteiger partial charge in [-0.1, -0.05) is 25.1 Å². The molecule has 3 N–H and O–H groups in total. The number of guanidine groups is 1. The lowest BCUT2D eigenvalue weighted by molar-refractivity contribution is -0.116. The van der Waals surface area contributed by atoms with Crippen LogP contribution in [0.25, 0.3) is 0 Å². The van der Waals surface area contributed by atoms with Gasteiger partial charge in [-0.25, -0.2) is 0 Å². The highest BCUT2D eigenvalue weighted by atomic mass is 32.1. The molecule has 30 heavy (non-hydrogen) atoms. The zero-order chi connectivity index (χ0) is 21.2. The molecular formula is C23H33N5OS. The second-order valence-electron chi connectivity index (χ2n) is 7.58. The highest BCUT2D eigenvalue weighted by molar-refractivity contribution is 7.10. The number of anilines is 1. The molecule has 1 aliphatic rings. The van der Waals surface area contributed by atoms with Crippen LogP contribution in [0.2, 0.25) is 0 Å². The minimum Gasteiger partial charge on any atom is -0.354 e.